The number of carbonyl (C=O) groups excluding carboxylic acids is 4. The predicted molar refractivity (Wildman–Crippen MR) is 171 cm³/mol. The van der Waals surface area contributed by atoms with Gasteiger partial charge in [0.25, 0.3) is 23.1 Å². The molecule has 3 aliphatic rings. The molecule has 0 aromatic carbocycles. The molecule has 12 heteroatoms. The quantitative estimate of drug-likeness (QED) is 0.123. The Kier molecular flexibility index (Phi) is 11.7. The minimum atomic E-state index is -0.970. The summed E-state index contributed by atoms with van der Waals surface area (Å²) in [7, 11) is 0. The Balaban J connectivity index is 1.79. The molecule has 0 atom stereocenters. The van der Waals surface area contributed by atoms with E-state index in [4.69, 9.17) is 16.0 Å². The summed E-state index contributed by atoms with van der Waals surface area (Å²) in [6, 6.07) is 1.06. The Morgan fingerprint density at radius 3 is 2.09 bits per heavy atom. The molecule has 1 aliphatic heterocycles. The monoisotopic (exact) mass is 642 g/mol. The van der Waals surface area contributed by atoms with Crippen LogP contribution < -0.4 is 5.56 Å². The summed E-state index contributed by atoms with van der Waals surface area (Å²) in [5.74, 6) is -4.00. The van der Waals surface area contributed by atoms with Gasteiger partial charge in [-0.1, -0.05) is 56.8 Å². The lowest BCUT2D eigenvalue weighted by molar-refractivity contribution is -0.146. The zero-order valence-electron chi connectivity index (χ0n) is 26.6. The highest BCUT2D eigenvalue weighted by molar-refractivity contribution is 6.25. The number of hydrogen-bond acceptors (Lipinski definition) is 9. The topological polar surface area (TPSA) is 160 Å². The van der Waals surface area contributed by atoms with Gasteiger partial charge in [-0.15, -0.1) is 0 Å². The van der Waals surface area contributed by atoms with E-state index in [9.17, 15) is 34.3 Å². The van der Waals surface area contributed by atoms with Crippen LogP contribution in [0, 0.1) is 17.9 Å². The van der Waals surface area contributed by atoms with Gasteiger partial charge in [-0.3, -0.25) is 23.9 Å². The van der Waals surface area contributed by atoms with Gasteiger partial charge in [0.2, 0.25) is 0 Å². The smallest absolute Gasteiger partial charge is 0.340 e. The van der Waals surface area contributed by atoms with Gasteiger partial charge in [-0.25, -0.2) is 14.4 Å². The summed E-state index contributed by atoms with van der Waals surface area (Å²) in [6.45, 7) is 10.8. The number of carbonyl (C=O) groups is 4. The van der Waals surface area contributed by atoms with Gasteiger partial charge in [-0.05, 0) is 51.7 Å². The maximum Gasteiger partial charge on any atom is 0.340 e. The van der Waals surface area contributed by atoms with Gasteiger partial charge < -0.3 is 14.6 Å². The summed E-state index contributed by atoms with van der Waals surface area (Å²) in [5.41, 5.74) is -2.59. The number of imide groups is 1. The Labute approximate surface area is 273 Å². The standard InChI is InChI=1S/C35H38N4O8/c1-4-46-34(44)27-24(30(40)38(32(42)26(27)21-36)22-15-9-6-10-16-22)19-13-8-14-20-25-28(35(45)47-5-2)29(37-3)33(43)39(31(25)41)23-17-11-7-12-18-23/h8,13-14,19-20,22-23,43H,4-7,9-12,15-18H2,1-2H3/b13-8+,20-14+,24-19-. The number of amides is 2. The van der Waals surface area contributed by atoms with E-state index in [2.05, 4.69) is 4.85 Å². The van der Waals surface area contributed by atoms with Crippen molar-refractivity contribution in [3.8, 4) is 11.9 Å². The van der Waals surface area contributed by atoms with Gasteiger partial charge >= 0.3 is 11.9 Å². The van der Waals surface area contributed by atoms with E-state index in [0.29, 0.717) is 25.7 Å². The molecule has 0 unspecified atom stereocenters. The molecule has 246 valence electrons. The van der Waals surface area contributed by atoms with Crippen molar-refractivity contribution in [3.05, 3.63) is 73.9 Å². The number of allylic oxidation sites excluding steroid dienone is 4. The molecule has 1 aromatic rings. The molecule has 1 aromatic heterocycles. The molecule has 2 aliphatic carbocycles. The summed E-state index contributed by atoms with van der Waals surface area (Å²) >= 11 is 0. The summed E-state index contributed by atoms with van der Waals surface area (Å²) in [6.07, 6.45) is 14.6. The fraction of sp³-hybridized carbons (Fsp3) is 0.457. The van der Waals surface area contributed by atoms with Crippen LogP contribution in [-0.4, -0.2) is 57.6 Å². The summed E-state index contributed by atoms with van der Waals surface area (Å²) in [4.78, 5) is 71.0. The molecule has 2 amide bonds. The Hall–Kier alpha value is -5.23. The first-order chi connectivity index (χ1) is 22.7. The largest absolute Gasteiger partial charge is 0.503 e. The minimum Gasteiger partial charge on any atom is -0.503 e. The van der Waals surface area contributed by atoms with Crippen molar-refractivity contribution in [2.45, 2.75) is 90.1 Å². The van der Waals surface area contributed by atoms with E-state index >= 15 is 0 Å². The van der Waals surface area contributed by atoms with Gasteiger partial charge in [0.15, 0.2) is 5.88 Å². The summed E-state index contributed by atoms with van der Waals surface area (Å²) in [5, 5.41) is 20.9. The van der Waals surface area contributed by atoms with E-state index in [0.717, 1.165) is 43.4 Å². The van der Waals surface area contributed by atoms with Crippen molar-refractivity contribution < 1.29 is 33.8 Å². The highest BCUT2D eigenvalue weighted by atomic mass is 16.5. The van der Waals surface area contributed by atoms with Gasteiger partial charge in [0.05, 0.1) is 36.5 Å². The average Bonchev–Trinajstić information content (AvgIpc) is 3.07. The van der Waals surface area contributed by atoms with Crippen LogP contribution in [-0.2, 0) is 23.9 Å². The number of rotatable bonds is 9. The Bertz CT molecular complexity index is 1700. The first-order valence-corrected chi connectivity index (χ1v) is 16.0. The maximum absolute atomic E-state index is 13.7. The van der Waals surface area contributed by atoms with Crippen LogP contribution in [0.15, 0.2) is 45.8 Å². The zero-order valence-corrected chi connectivity index (χ0v) is 26.6. The number of esters is 2. The third-order valence-electron chi connectivity index (χ3n) is 8.61. The lowest BCUT2D eigenvalue weighted by atomic mass is 9.88. The van der Waals surface area contributed by atoms with Crippen molar-refractivity contribution in [2.75, 3.05) is 13.2 Å². The lowest BCUT2D eigenvalue weighted by Crippen LogP contribution is -2.50. The first-order valence-electron chi connectivity index (χ1n) is 16.0. The molecule has 2 fully saturated rings. The molecule has 4 rings (SSSR count). The second-order valence-corrected chi connectivity index (χ2v) is 11.4. The number of ether oxygens (including phenoxy) is 2. The molecule has 0 saturated heterocycles. The van der Waals surface area contributed by atoms with Crippen LogP contribution in [0.5, 0.6) is 5.88 Å². The second kappa shape index (κ2) is 15.9. The molecule has 2 saturated carbocycles. The molecular formula is C35H38N4O8. The van der Waals surface area contributed by atoms with Crippen LogP contribution >= 0.6 is 0 Å². The van der Waals surface area contributed by atoms with Crippen LogP contribution in [0.3, 0.4) is 0 Å². The van der Waals surface area contributed by atoms with Gasteiger partial charge in [0.1, 0.15) is 11.6 Å². The molecule has 47 heavy (non-hydrogen) atoms. The summed E-state index contributed by atoms with van der Waals surface area (Å²) < 4.78 is 11.4. The number of hydrogen-bond donors (Lipinski definition) is 1. The fourth-order valence-corrected chi connectivity index (χ4v) is 6.44. The van der Waals surface area contributed by atoms with Crippen molar-refractivity contribution in [1.29, 1.82) is 5.26 Å². The zero-order chi connectivity index (χ0) is 34.1. The van der Waals surface area contributed by atoms with Crippen molar-refractivity contribution >= 4 is 35.5 Å². The average molecular weight is 643 g/mol. The maximum atomic E-state index is 13.7. The number of aromatic hydroxyl groups is 1. The van der Waals surface area contributed by atoms with E-state index in [1.807, 2.05) is 0 Å². The highest BCUT2D eigenvalue weighted by Crippen LogP contribution is 2.38. The Morgan fingerprint density at radius 1 is 0.915 bits per heavy atom. The molecular weight excluding hydrogens is 604 g/mol. The van der Waals surface area contributed by atoms with E-state index in [-0.39, 0.29) is 41.6 Å². The lowest BCUT2D eigenvalue weighted by Gasteiger charge is -2.36. The van der Waals surface area contributed by atoms with Crippen LogP contribution in [0.25, 0.3) is 10.9 Å². The normalized spacial score (nSPS) is 19.0. The SMILES string of the molecule is [C-]#[N+]c1c(C(=O)OCC)c(/C=C/C=C/C=C2\C(=O)N(C3CCCCC3)C(=O)C(C#N)=C2C(=O)OCC)c(=O)n(C2CCCCC2)c1O. The molecule has 0 radical (unpaired) electrons. The molecule has 12 nitrogen and oxygen atoms in total. The third kappa shape index (κ3) is 7.12. The van der Waals surface area contributed by atoms with Gasteiger partial charge in [0, 0.05) is 17.6 Å². The van der Waals surface area contributed by atoms with Crippen LogP contribution in [0.2, 0.25) is 0 Å². The van der Waals surface area contributed by atoms with E-state index in [1.165, 1.54) is 34.9 Å². The number of nitriles is 1. The van der Waals surface area contributed by atoms with Crippen LogP contribution in [0.1, 0.15) is 100 Å². The highest BCUT2D eigenvalue weighted by Gasteiger charge is 2.43. The number of nitrogens with zero attached hydrogens (tertiary/aromatic N) is 4. The van der Waals surface area contributed by atoms with Crippen molar-refractivity contribution in [2.24, 2.45) is 0 Å². The van der Waals surface area contributed by atoms with E-state index in [1.54, 1.807) is 19.9 Å². The number of aromatic nitrogens is 1. The van der Waals surface area contributed by atoms with E-state index < -0.39 is 52.4 Å². The first kappa shape index (κ1) is 34.6. The minimum absolute atomic E-state index is 0.0191. The van der Waals surface area contributed by atoms with Crippen molar-refractivity contribution in [1.82, 2.24) is 9.47 Å². The van der Waals surface area contributed by atoms with Crippen molar-refractivity contribution in [3.63, 3.8) is 0 Å². The predicted octanol–water partition coefficient (Wildman–Crippen LogP) is 5.37. The third-order valence-corrected chi connectivity index (χ3v) is 8.61. The Morgan fingerprint density at radius 2 is 1.51 bits per heavy atom. The van der Waals surface area contributed by atoms with Crippen LogP contribution in [0.4, 0.5) is 5.69 Å². The van der Waals surface area contributed by atoms with Gasteiger partial charge in [-0.2, -0.15) is 5.26 Å². The second-order valence-electron chi connectivity index (χ2n) is 11.4. The number of pyridine rings is 1. The fourth-order valence-electron chi connectivity index (χ4n) is 6.44. The molecule has 0 bridgehead atoms. The molecule has 0 spiro atoms. The molecule has 2 heterocycles. The molecule has 1 N–H and O–H groups in total.